The zero-order valence-electron chi connectivity index (χ0n) is 12.5. The van der Waals surface area contributed by atoms with Crippen LogP contribution in [0.15, 0.2) is 22.8 Å². The summed E-state index contributed by atoms with van der Waals surface area (Å²) < 4.78 is 5.20. The molecule has 2 aliphatic heterocycles. The Kier molecular flexibility index (Phi) is 3.61. The Hall–Kier alpha value is -1.98. The Morgan fingerprint density at radius 1 is 1.14 bits per heavy atom. The number of piperidine rings is 2. The molecular formula is C15H21N3O3. The molecule has 2 fully saturated rings. The molecule has 3 rings (SSSR count). The molecule has 0 spiro atoms. The van der Waals surface area contributed by atoms with Crippen LogP contribution in [-0.4, -0.2) is 66.9 Å². The van der Waals surface area contributed by atoms with Gasteiger partial charge in [0.25, 0.3) is 5.91 Å². The smallest absolute Gasteiger partial charge is 0.319 e. The lowest BCUT2D eigenvalue weighted by Crippen LogP contribution is -2.56. The van der Waals surface area contributed by atoms with E-state index in [0.717, 1.165) is 19.5 Å². The van der Waals surface area contributed by atoms with Crippen LogP contribution in [-0.2, 0) is 0 Å². The van der Waals surface area contributed by atoms with Crippen molar-refractivity contribution < 1.29 is 14.0 Å². The highest BCUT2D eigenvalue weighted by molar-refractivity contribution is 5.91. The number of fused-ring (bicyclic) bond motifs is 2. The van der Waals surface area contributed by atoms with Gasteiger partial charge in [0.15, 0.2) is 5.76 Å². The number of carbonyl (C=O) groups excluding carboxylic acids is 2. The van der Waals surface area contributed by atoms with E-state index in [-0.39, 0.29) is 11.9 Å². The minimum atomic E-state index is -0.0397. The summed E-state index contributed by atoms with van der Waals surface area (Å²) in [6.45, 7) is 2.87. The van der Waals surface area contributed by atoms with E-state index in [1.165, 1.54) is 6.26 Å². The second-order valence-electron chi connectivity index (χ2n) is 6.24. The predicted molar refractivity (Wildman–Crippen MR) is 76.9 cm³/mol. The van der Waals surface area contributed by atoms with Crippen LogP contribution in [0.5, 0.6) is 0 Å². The predicted octanol–water partition coefficient (Wildman–Crippen LogP) is 1.36. The van der Waals surface area contributed by atoms with Gasteiger partial charge < -0.3 is 19.1 Å². The minimum absolute atomic E-state index is 0.0397. The fourth-order valence-electron chi connectivity index (χ4n) is 3.44. The Morgan fingerprint density at radius 3 is 2.29 bits per heavy atom. The molecule has 1 aromatic heterocycles. The minimum Gasteiger partial charge on any atom is -0.459 e. The first-order valence-electron chi connectivity index (χ1n) is 7.33. The van der Waals surface area contributed by atoms with Crippen molar-refractivity contribution in [2.24, 2.45) is 11.8 Å². The second kappa shape index (κ2) is 5.42. The maximum Gasteiger partial charge on any atom is 0.319 e. The zero-order valence-corrected chi connectivity index (χ0v) is 12.5. The monoisotopic (exact) mass is 291 g/mol. The summed E-state index contributed by atoms with van der Waals surface area (Å²) in [5.74, 6) is 1.08. The van der Waals surface area contributed by atoms with Crippen LogP contribution in [0.4, 0.5) is 4.79 Å². The molecule has 0 saturated carbocycles. The molecule has 0 aromatic carbocycles. The fraction of sp³-hybridized carbons (Fsp3) is 0.600. The Labute approximate surface area is 124 Å². The Bertz CT molecular complexity index is 512. The number of carbonyl (C=O) groups is 2. The van der Waals surface area contributed by atoms with E-state index in [9.17, 15) is 9.59 Å². The maximum atomic E-state index is 12.4. The van der Waals surface area contributed by atoms with Gasteiger partial charge in [-0.25, -0.2) is 4.79 Å². The highest BCUT2D eigenvalue weighted by Crippen LogP contribution is 2.29. The van der Waals surface area contributed by atoms with Crippen LogP contribution in [0.2, 0.25) is 0 Å². The van der Waals surface area contributed by atoms with Crippen molar-refractivity contribution in [2.75, 3.05) is 40.3 Å². The molecule has 6 heteroatoms. The van der Waals surface area contributed by atoms with Crippen molar-refractivity contribution in [3.05, 3.63) is 24.2 Å². The lowest BCUT2D eigenvalue weighted by Gasteiger charge is -2.46. The molecule has 3 heterocycles. The van der Waals surface area contributed by atoms with E-state index in [1.807, 2.05) is 9.80 Å². The highest BCUT2D eigenvalue weighted by Gasteiger charge is 2.38. The number of nitrogens with zero attached hydrogens (tertiary/aromatic N) is 3. The number of likely N-dealkylation sites (tertiary alicyclic amines) is 2. The van der Waals surface area contributed by atoms with Crippen LogP contribution >= 0.6 is 0 Å². The second-order valence-corrected chi connectivity index (χ2v) is 6.24. The van der Waals surface area contributed by atoms with Gasteiger partial charge in [-0.05, 0) is 30.4 Å². The number of hydrogen-bond acceptors (Lipinski definition) is 3. The van der Waals surface area contributed by atoms with Gasteiger partial charge in [-0.1, -0.05) is 0 Å². The van der Waals surface area contributed by atoms with E-state index < -0.39 is 0 Å². The van der Waals surface area contributed by atoms with Crippen LogP contribution in [0.25, 0.3) is 0 Å². The molecule has 2 saturated heterocycles. The zero-order chi connectivity index (χ0) is 15.0. The molecule has 1 aromatic rings. The number of furan rings is 1. The summed E-state index contributed by atoms with van der Waals surface area (Å²) in [6, 6.07) is 3.50. The molecule has 2 unspecified atom stereocenters. The quantitative estimate of drug-likeness (QED) is 0.785. The summed E-state index contributed by atoms with van der Waals surface area (Å²) in [6.07, 6.45) is 2.62. The number of rotatable bonds is 1. The lowest BCUT2D eigenvalue weighted by molar-refractivity contribution is 0.0305. The number of urea groups is 1. The van der Waals surface area contributed by atoms with E-state index in [2.05, 4.69) is 0 Å². The molecule has 0 radical (unpaired) electrons. The van der Waals surface area contributed by atoms with Gasteiger partial charge in [-0.2, -0.15) is 0 Å². The van der Waals surface area contributed by atoms with E-state index in [1.54, 1.807) is 31.1 Å². The lowest BCUT2D eigenvalue weighted by atomic mass is 9.84. The van der Waals surface area contributed by atoms with Crippen LogP contribution in [0, 0.1) is 11.8 Å². The van der Waals surface area contributed by atoms with E-state index in [4.69, 9.17) is 4.42 Å². The molecule has 0 aliphatic carbocycles. The molecular weight excluding hydrogens is 270 g/mol. The van der Waals surface area contributed by atoms with Gasteiger partial charge in [0, 0.05) is 40.3 Å². The molecule has 114 valence electrons. The standard InChI is InChI=1S/C15H21N3O3/c1-16(2)15(20)18-9-11-6-12(10-18)8-17(7-11)14(19)13-4-3-5-21-13/h3-5,11-12H,6-10H2,1-2H3. The van der Waals surface area contributed by atoms with Crippen LogP contribution in [0.3, 0.4) is 0 Å². The van der Waals surface area contributed by atoms with Gasteiger partial charge in [0.05, 0.1) is 6.26 Å². The van der Waals surface area contributed by atoms with Crippen molar-refractivity contribution in [1.29, 1.82) is 0 Å². The van der Waals surface area contributed by atoms with Crippen molar-refractivity contribution in [3.8, 4) is 0 Å². The average molecular weight is 291 g/mol. The van der Waals surface area contributed by atoms with Crippen molar-refractivity contribution >= 4 is 11.9 Å². The van der Waals surface area contributed by atoms with Gasteiger partial charge in [-0.15, -0.1) is 0 Å². The van der Waals surface area contributed by atoms with Gasteiger partial charge in [-0.3, -0.25) is 4.79 Å². The van der Waals surface area contributed by atoms with Gasteiger partial charge in [0.2, 0.25) is 0 Å². The summed E-state index contributed by atoms with van der Waals surface area (Å²) in [5, 5.41) is 0. The van der Waals surface area contributed by atoms with E-state index >= 15 is 0 Å². The summed E-state index contributed by atoms with van der Waals surface area (Å²) >= 11 is 0. The van der Waals surface area contributed by atoms with Crippen molar-refractivity contribution in [2.45, 2.75) is 6.42 Å². The summed E-state index contributed by atoms with van der Waals surface area (Å²) in [7, 11) is 3.55. The van der Waals surface area contributed by atoms with Gasteiger partial charge in [0.1, 0.15) is 0 Å². The third kappa shape index (κ3) is 2.75. The third-order valence-corrected chi connectivity index (χ3v) is 4.25. The molecule has 2 atom stereocenters. The van der Waals surface area contributed by atoms with Crippen LogP contribution in [0.1, 0.15) is 17.0 Å². The van der Waals surface area contributed by atoms with E-state index in [0.29, 0.717) is 30.7 Å². The molecule has 3 amide bonds. The maximum absolute atomic E-state index is 12.4. The highest BCUT2D eigenvalue weighted by atomic mass is 16.3. The molecule has 6 nitrogen and oxygen atoms in total. The average Bonchev–Trinajstić information content (AvgIpc) is 2.98. The largest absolute Gasteiger partial charge is 0.459 e. The SMILES string of the molecule is CN(C)C(=O)N1CC2CC(CN(C(=O)c3ccco3)C2)C1. The molecule has 21 heavy (non-hydrogen) atoms. The fourth-order valence-corrected chi connectivity index (χ4v) is 3.44. The normalized spacial score (nSPS) is 24.9. The summed E-state index contributed by atoms with van der Waals surface area (Å²) in [4.78, 5) is 29.8. The first-order chi connectivity index (χ1) is 10.0. The third-order valence-electron chi connectivity index (χ3n) is 4.25. The topological polar surface area (TPSA) is 57.0 Å². The first-order valence-corrected chi connectivity index (χ1v) is 7.33. The Morgan fingerprint density at radius 2 is 1.76 bits per heavy atom. The summed E-state index contributed by atoms with van der Waals surface area (Å²) in [5.41, 5.74) is 0. The Balaban J connectivity index is 1.67. The molecule has 2 bridgehead atoms. The van der Waals surface area contributed by atoms with Gasteiger partial charge >= 0.3 is 6.03 Å². The first kappa shape index (κ1) is 14.0. The molecule has 0 N–H and O–H groups in total. The van der Waals surface area contributed by atoms with Crippen molar-refractivity contribution in [1.82, 2.24) is 14.7 Å². The molecule has 2 aliphatic rings. The number of amides is 3. The van der Waals surface area contributed by atoms with Crippen molar-refractivity contribution in [3.63, 3.8) is 0 Å². The van der Waals surface area contributed by atoms with Crippen LogP contribution < -0.4 is 0 Å². The number of hydrogen-bond donors (Lipinski definition) is 0.